The molecule has 0 unspecified atom stereocenters. The fourth-order valence-corrected chi connectivity index (χ4v) is 3.67. The van der Waals surface area contributed by atoms with E-state index in [-0.39, 0.29) is 41.9 Å². The molecule has 0 fully saturated rings. The van der Waals surface area contributed by atoms with Gasteiger partial charge in [-0.2, -0.15) is 0 Å². The van der Waals surface area contributed by atoms with Crippen LogP contribution in [0.3, 0.4) is 0 Å². The zero-order valence-corrected chi connectivity index (χ0v) is 20.2. The number of methoxy groups -OCH3 is 1. The van der Waals surface area contributed by atoms with Crippen molar-refractivity contribution in [2.45, 2.75) is 32.9 Å². The molecule has 0 radical (unpaired) electrons. The third kappa shape index (κ3) is 5.67. The maximum Gasteiger partial charge on any atom is 0.259 e. The number of ether oxygens (including phenoxy) is 2. The minimum atomic E-state index is -0.393. The molecule has 180 valence electrons. The Morgan fingerprint density at radius 2 is 2.12 bits per heavy atom. The minimum absolute atomic E-state index is 0.0790. The van der Waals surface area contributed by atoms with E-state index in [0.717, 1.165) is 5.56 Å². The number of carbonyl (C=O) groups excluding carboxylic acids is 2. The van der Waals surface area contributed by atoms with Gasteiger partial charge >= 0.3 is 0 Å². The fourth-order valence-electron chi connectivity index (χ4n) is 3.67. The third-order valence-corrected chi connectivity index (χ3v) is 5.96. The molecule has 1 N–H and O–H groups in total. The molecule has 1 aromatic carbocycles. The first-order valence-electron chi connectivity index (χ1n) is 11.2. The van der Waals surface area contributed by atoms with Crippen molar-refractivity contribution in [1.29, 1.82) is 0 Å². The van der Waals surface area contributed by atoms with Crippen LogP contribution in [-0.2, 0) is 4.79 Å². The van der Waals surface area contributed by atoms with Crippen LogP contribution in [0.5, 0.6) is 11.6 Å². The number of likely N-dealkylation sites (N-methyl/N-ethyl adjacent to an activating group) is 1. The van der Waals surface area contributed by atoms with Gasteiger partial charge in [-0.3, -0.25) is 9.59 Å². The van der Waals surface area contributed by atoms with Crippen molar-refractivity contribution in [3.8, 4) is 23.5 Å². The van der Waals surface area contributed by atoms with Crippen LogP contribution in [-0.4, -0.2) is 77.7 Å². The monoisotopic (exact) mass is 465 g/mol. The maximum atomic E-state index is 13.5. The predicted octanol–water partition coefficient (Wildman–Crippen LogP) is 2.19. The van der Waals surface area contributed by atoms with Crippen LogP contribution in [0.1, 0.15) is 42.3 Å². The lowest BCUT2D eigenvalue weighted by molar-refractivity contribution is -0.129. The summed E-state index contributed by atoms with van der Waals surface area (Å²) < 4.78 is 11.5. The molecule has 1 aliphatic heterocycles. The Hall–Kier alpha value is -3.57. The van der Waals surface area contributed by atoms with Gasteiger partial charge < -0.3 is 24.4 Å². The van der Waals surface area contributed by atoms with Gasteiger partial charge in [-0.25, -0.2) is 4.98 Å². The van der Waals surface area contributed by atoms with E-state index in [1.807, 2.05) is 31.2 Å². The normalized spacial score (nSPS) is 18.4. The molecule has 34 heavy (non-hydrogen) atoms. The van der Waals surface area contributed by atoms with Crippen LogP contribution in [0.25, 0.3) is 0 Å². The quantitative estimate of drug-likeness (QED) is 0.681. The van der Waals surface area contributed by atoms with E-state index in [1.54, 1.807) is 43.1 Å². The highest BCUT2D eigenvalue weighted by Crippen LogP contribution is 2.27. The molecule has 0 spiro atoms. The number of fused-ring (bicyclic) bond motifs is 1. The van der Waals surface area contributed by atoms with Crippen LogP contribution >= 0.6 is 0 Å². The molecule has 1 aromatic heterocycles. The number of aliphatic hydroxyl groups is 1. The smallest absolute Gasteiger partial charge is 0.259 e. The van der Waals surface area contributed by atoms with Crippen LogP contribution in [0.4, 0.5) is 0 Å². The summed E-state index contributed by atoms with van der Waals surface area (Å²) in [6, 6.07) is 8.68. The molecule has 8 nitrogen and oxygen atoms in total. The molecule has 0 saturated carbocycles. The number of rotatable bonds is 5. The van der Waals surface area contributed by atoms with Crippen LogP contribution in [0, 0.1) is 17.8 Å². The summed E-state index contributed by atoms with van der Waals surface area (Å²) in [5, 5.41) is 9.77. The van der Waals surface area contributed by atoms with Gasteiger partial charge in [0.15, 0.2) is 0 Å². The molecule has 3 rings (SSSR count). The number of aliphatic hydroxyl groups excluding tert-OH is 1. The molecule has 1 aliphatic rings. The van der Waals surface area contributed by atoms with Crippen LogP contribution < -0.4 is 9.47 Å². The van der Waals surface area contributed by atoms with Gasteiger partial charge in [-0.1, -0.05) is 30.9 Å². The summed E-state index contributed by atoms with van der Waals surface area (Å²) in [5.41, 5.74) is 1.54. The molecule has 0 bridgehead atoms. The van der Waals surface area contributed by atoms with E-state index in [2.05, 4.69) is 16.8 Å². The highest BCUT2D eigenvalue weighted by atomic mass is 16.5. The van der Waals surface area contributed by atoms with E-state index < -0.39 is 6.04 Å². The predicted molar refractivity (Wildman–Crippen MR) is 128 cm³/mol. The number of pyridine rings is 1. The Kier molecular flexibility index (Phi) is 8.13. The lowest BCUT2D eigenvalue weighted by atomic mass is 10.00. The van der Waals surface area contributed by atoms with Crippen molar-refractivity contribution in [2.75, 3.05) is 33.9 Å². The Morgan fingerprint density at radius 3 is 2.79 bits per heavy atom. The summed E-state index contributed by atoms with van der Waals surface area (Å²) in [6.45, 7) is 5.79. The van der Waals surface area contributed by atoms with Crippen molar-refractivity contribution < 1.29 is 24.2 Å². The lowest BCUT2D eigenvalue weighted by Gasteiger charge is -2.37. The van der Waals surface area contributed by atoms with Crippen molar-refractivity contribution in [3.05, 3.63) is 53.2 Å². The molecule has 2 amide bonds. The fraction of sp³-hybridized carbons (Fsp3) is 0.423. The van der Waals surface area contributed by atoms with Crippen molar-refractivity contribution in [1.82, 2.24) is 14.8 Å². The Bertz CT molecular complexity index is 1110. The average molecular weight is 466 g/mol. The average Bonchev–Trinajstić information content (AvgIpc) is 2.84. The highest BCUT2D eigenvalue weighted by Gasteiger charge is 2.34. The second-order valence-electron chi connectivity index (χ2n) is 8.55. The van der Waals surface area contributed by atoms with E-state index in [1.165, 1.54) is 6.92 Å². The van der Waals surface area contributed by atoms with E-state index >= 15 is 0 Å². The first-order valence-corrected chi connectivity index (χ1v) is 11.2. The highest BCUT2D eigenvalue weighted by molar-refractivity contribution is 5.97. The number of benzene rings is 1. The third-order valence-electron chi connectivity index (χ3n) is 5.96. The zero-order valence-electron chi connectivity index (χ0n) is 20.2. The van der Waals surface area contributed by atoms with E-state index in [9.17, 15) is 14.7 Å². The Morgan fingerprint density at radius 1 is 1.38 bits per heavy atom. The molecular formula is C26H31N3O5. The number of hydrogen-bond acceptors (Lipinski definition) is 6. The van der Waals surface area contributed by atoms with Gasteiger partial charge in [-0.05, 0) is 25.1 Å². The molecule has 8 heteroatoms. The number of aromatic nitrogens is 1. The Labute approximate surface area is 200 Å². The van der Waals surface area contributed by atoms with Crippen molar-refractivity contribution >= 4 is 11.8 Å². The summed E-state index contributed by atoms with van der Waals surface area (Å²) in [5.74, 6) is 6.50. The second-order valence-corrected chi connectivity index (χ2v) is 8.55. The van der Waals surface area contributed by atoms with Gasteiger partial charge in [0.05, 0.1) is 31.9 Å². The van der Waals surface area contributed by atoms with Gasteiger partial charge in [0.25, 0.3) is 5.91 Å². The van der Waals surface area contributed by atoms with Crippen LogP contribution in [0.2, 0.25) is 0 Å². The molecular weight excluding hydrogens is 434 g/mol. The van der Waals surface area contributed by atoms with Crippen molar-refractivity contribution in [2.24, 2.45) is 5.92 Å². The molecule has 0 saturated heterocycles. The number of nitrogens with zero attached hydrogens (tertiary/aromatic N) is 3. The van der Waals surface area contributed by atoms with Crippen LogP contribution in [0.15, 0.2) is 36.5 Å². The standard InChI is InChI=1S/C26H31N3O5/c1-17-14-29(18(2)16-30)26(32)22-12-20(10-11-21-8-6-7-9-23(21)33-5)13-27-25(22)34-24(17)15-28(4)19(3)31/h6-9,12-13,17-18,24,30H,14-16H2,1-5H3/t17-,18-,24-/m1/s1. The number of amides is 2. The van der Waals surface area contributed by atoms with Gasteiger partial charge in [-0.15, -0.1) is 0 Å². The summed E-state index contributed by atoms with van der Waals surface area (Å²) in [7, 11) is 3.29. The molecule has 2 aromatic rings. The second kappa shape index (κ2) is 11.0. The van der Waals surface area contributed by atoms with E-state index in [0.29, 0.717) is 24.4 Å². The number of carbonyl (C=O) groups is 2. The maximum absolute atomic E-state index is 13.5. The van der Waals surface area contributed by atoms with E-state index in [4.69, 9.17) is 9.47 Å². The summed E-state index contributed by atoms with van der Waals surface area (Å²) >= 11 is 0. The SMILES string of the molecule is COc1ccccc1C#Cc1cnc2c(c1)C(=O)N([C@H](C)CO)C[C@@H](C)[C@@H](CN(C)C(C)=O)O2. The van der Waals surface area contributed by atoms with Gasteiger partial charge in [0, 0.05) is 38.2 Å². The first kappa shape index (κ1) is 25.1. The zero-order chi connectivity index (χ0) is 24.8. The number of para-hydroxylation sites is 1. The first-order chi connectivity index (χ1) is 16.2. The molecule has 0 aliphatic carbocycles. The topological polar surface area (TPSA) is 92.2 Å². The Balaban J connectivity index is 2.02. The summed E-state index contributed by atoms with van der Waals surface area (Å²) in [4.78, 5) is 32.9. The number of hydrogen-bond donors (Lipinski definition) is 1. The minimum Gasteiger partial charge on any atom is -0.495 e. The van der Waals surface area contributed by atoms with Gasteiger partial charge in [0.1, 0.15) is 17.4 Å². The van der Waals surface area contributed by atoms with Crippen molar-refractivity contribution in [3.63, 3.8) is 0 Å². The largest absolute Gasteiger partial charge is 0.495 e. The molecule has 3 atom stereocenters. The molecule has 2 heterocycles. The van der Waals surface area contributed by atoms with Gasteiger partial charge in [0.2, 0.25) is 11.8 Å². The summed E-state index contributed by atoms with van der Waals surface area (Å²) in [6.07, 6.45) is 1.18. The lowest BCUT2D eigenvalue weighted by Crippen LogP contribution is -2.50.